The molecular weight excluding hydrogens is 192 g/mol. The number of ether oxygens (including phenoxy) is 1. The molecule has 2 heterocycles. The van der Waals surface area contributed by atoms with E-state index in [2.05, 4.69) is 15.3 Å². The minimum Gasteiger partial charge on any atom is -0.376 e. The van der Waals surface area contributed by atoms with Crippen LogP contribution >= 0.6 is 0 Å². The van der Waals surface area contributed by atoms with Crippen molar-refractivity contribution < 1.29 is 4.74 Å². The second-order valence-corrected chi connectivity index (χ2v) is 3.39. The maximum atomic E-state index is 8.65. The van der Waals surface area contributed by atoms with Crippen molar-refractivity contribution in [3.8, 4) is 6.07 Å². The summed E-state index contributed by atoms with van der Waals surface area (Å²) in [4.78, 5) is 8.03. The van der Waals surface area contributed by atoms with Crippen LogP contribution in [0.15, 0.2) is 12.3 Å². The zero-order chi connectivity index (χ0) is 10.5. The molecule has 1 atom stereocenters. The van der Waals surface area contributed by atoms with Crippen molar-refractivity contribution >= 4 is 5.95 Å². The van der Waals surface area contributed by atoms with Gasteiger partial charge in [0, 0.05) is 19.3 Å². The van der Waals surface area contributed by atoms with Crippen LogP contribution < -0.4 is 5.32 Å². The van der Waals surface area contributed by atoms with E-state index < -0.39 is 0 Å². The topological polar surface area (TPSA) is 70.8 Å². The molecule has 1 aliphatic rings. The van der Waals surface area contributed by atoms with E-state index in [9.17, 15) is 0 Å². The molecule has 78 valence electrons. The van der Waals surface area contributed by atoms with Gasteiger partial charge in [-0.1, -0.05) is 0 Å². The molecule has 1 unspecified atom stereocenters. The zero-order valence-corrected chi connectivity index (χ0v) is 8.31. The first-order valence-electron chi connectivity index (χ1n) is 4.97. The summed E-state index contributed by atoms with van der Waals surface area (Å²) >= 11 is 0. The summed E-state index contributed by atoms with van der Waals surface area (Å²) in [6, 6.07) is 3.55. The lowest BCUT2D eigenvalue weighted by Crippen LogP contribution is -2.19. The molecule has 1 aromatic heterocycles. The Morgan fingerprint density at radius 2 is 2.60 bits per heavy atom. The van der Waals surface area contributed by atoms with Crippen molar-refractivity contribution in [1.82, 2.24) is 9.97 Å². The van der Waals surface area contributed by atoms with Crippen LogP contribution in [0.5, 0.6) is 0 Å². The third-order valence-corrected chi connectivity index (χ3v) is 2.28. The van der Waals surface area contributed by atoms with Crippen LogP contribution in [0.4, 0.5) is 5.95 Å². The van der Waals surface area contributed by atoms with E-state index in [1.165, 1.54) is 0 Å². The van der Waals surface area contributed by atoms with Crippen molar-refractivity contribution in [3.63, 3.8) is 0 Å². The highest BCUT2D eigenvalue weighted by Gasteiger charge is 2.15. The zero-order valence-electron chi connectivity index (χ0n) is 8.31. The predicted molar refractivity (Wildman–Crippen MR) is 54.2 cm³/mol. The monoisotopic (exact) mass is 204 g/mol. The lowest BCUT2D eigenvalue weighted by atomic mass is 10.2. The van der Waals surface area contributed by atoms with E-state index in [4.69, 9.17) is 10.00 Å². The summed E-state index contributed by atoms with van der Waals surface area (Å²) in [5, 5.41) is 11.7. The van der Waals surface area contributed by atoms with Crippen LogP contribution in [0, 0.1) is 11.3 Å². The van der Waals surface area contributed by atoms with E-state index in [0.29, 0.717) is 18.2 Å². The fraction of sp³-hybridized carbons (Fsp3) is 0.500. The molecule has 1 fully saturated rings. The number of anilines is 1. The van der Waals surface area contributed by atoms with Gasteiger partial charge in [0.15, 0.2) is 0 Å². The summed E-state index contributed by atoms with van der Waals surface area (Å²) in [7, 11) is 0. The molecule has 5 nitrogen and oxygen atoms in total. The Kier molecular flexibility index (Phi) is 3.10. The second kappa shape index (κ2) is 4.71. The molecule has 5 heteroatoms. The first-order chi connectivity index (χ1) is 7.38. The van der Waals surface area contributed by atoms with Gasteiger partial charge in [0.25, 0.3) is 0 Å². The quantitative estimate of drug-likeness (QED) is 0.793. The lowest BCUT2D eigenvalue weighted by Gasteiger charge is -2.09. The van der Waals surface area contributed by atoms with Crippen molar-refractivity contribution in [3.05, 3.63) is 18.0 Å². The van der Waals surface area contributed by atoms with Crippen LogP contribution in [0.1, 0.15) is 18.5 Å². The molecule has 0 aromatic carbocycles. The maximum Gasteiger partial charge on any atom is 0.223 e. The average Bonchev–Trinajstić information content (AvgIpc) is 2.79. The number of rotatable bonds is 3. The van der Waals surface area contributed by atoms with Crippen LogP contribution in [0.2, 0.25) is 0 Å². The van der Waals surface area contributed by atoms with Gasteiger partial charge >= 0.3 is 0 Å². The van der Waals surface area contributed by atoms with Crippen molar-refractivity contribution in [1.29, 1.82) is 5.26 Å². The number of hydrogen-bond donors (Lipinski definition) is 1. The van der Waals surface area contributed by atoms with Crippen LogP contribution in [-0.2, 0) is 4.74 Å². The molecular formula is C10H12N4O. The smallest absolute Gasteiger partial charge is 0.223 e. The molecule has 1 aromatic rings. The van der Waals surface area contributed by atoms with E-state index >= 15 is 0 Å². The summed E-state index contributed by atoms with van der Waals surface area (Å²) in [6.45, 7) is 1.54. The SMILES string of the molecule is N#Cc1ccnc(NCC2CCCO2)n1. The fourth-order valence-corrected chi connectivity index (χ4v) is 1.52. The van der Waals surface area contributed by atoms with Gasteiger partial charge in [0.05, 0.1) is 6.10 Å². The van der Waals surface area contributed by atoms with Gasteiger partial charge in [0.2, 0.25) is 5.95 Å². The Balaban J connectivity index is 1.90. The van der Waals surface area contributed by atoms with E-state index in [-0.39, 0.29) is 6.10 Å². The Morgan fingerprint density at radius 3 is 3.33 bits per heavy atom. The van der Waals surface area contributed by atoms with Crippen LogP contribution in [0.3, 0.4) is 0 Å². The third kappa shape index (κ3) is 2.64. The molecule has 2 rings (SSSR count). The summed E-state index contributed by atoms with van der Waals surface area (Å²) < 4.78 is 5.45. The molecule has 0 amide bonds. The molecule has 1 saturated heterocycles. The number of hydrogen-bond acceptors (Lipinski definition) is 5. The summed E-state index contributed by atoms with van der Waals surface area (Å²) in [5.74, 6) is 0.490. The van der Waals surface area contributed by atoms with Gasteiger partial charge in [-0.05, 0) is 18.9 Å². The fourth-order valence-electron chi connectivity index (χ4n) is 1.52. The van der Waals surface area contributed by atoms with Crippen LogP contribution in [-0.4, -0.2) is 29.2 Å². The molecule has 15 heavy (non-hydrogen) atoms. The molecule has 0 bridgehead atoms. The Hall–Kier alpha value is -1.67. The molecule has 1 N–H and O–H groups in total. The van der Waals surface area contributed by atoms with E-state index in [1.54, 1.807) is 12.3 Å². The normalized spacial score (nSPS) is 19.8. The van der Waals surface area contributed by atoms with Gasteiger partial charge in [-0.15, -0.1) is 0 Å². The average molecular weight is 204 g/mol. The first kappa shape index (κ1) is 9.87. The van der Waals surface area contributed by atoms with Gasteiger partial charge in [-0.3, -0.25) is 0 Å². The molecule has 0 spiro atoms. The van der Waals surface area contributed by atoms with Gasteiger partial charge in [-0.25, -0.2) is 9.97 Å². The predicted octanol–water partition coefficient (Wildman–Crippen LogP) is 0.939. The van der Waals surface area contributed by atoms with E-state index in [1.807, 2.05) is 6.07 Å². The van der Waals surface area contributed by atoms with Crippen molar-refractivity contribution in [2.75, 3.05) is 18.5 Å². The second-order valence-electron chi connectivity index (χ2n) is 3.39. The van der Waals surface area contributed by atoms with Crippen molar-refractivity contribution in [2.45, 2.75) is 18.9 Å². The molecule has 0 saturated carbocycles. The Morgan fingerprint density at radius 1 is 1.67 bits per heavy atom. The largest absolute Gasteiger partial charge is 0.376 e. The highest BCUT2D eigenvalue weighted by atomic mass is 16.5. The lowest BCUT2D eigenvalue weighted by molar-refractivity contribution is 0.120. The highest BCUT2D eigenvalue weighted by molar-refractivity contribution is 5.30. The maximum absolute atomic E-state index is 8.65. The van der Waals surface area contributed by atoms with Gasteiger partial charge in [-0.2, -0.15) is 5.26 Å². The number of aromatic nitrogens is 2. The standard InChI is InChI=1S/C10H12N4O/c11-6-8-3-4-12-10(14-8)13-7-9-2-1-5-15-9/h3-4,9H,1-2,5,7H2,(H,12,13,14). The minimum absolute atomic E-state index is 0.249. The minimum atomic E-state index is 0.249. The number of nitrogens with one attached hydrogen (secondary N) is 1. The number of nitriles is 1. The van der Waals surface area contributed by atoms with Crippen molar-refractivity contribution in [2.24, 2.45) is 0 Å². The summed E-state index contributed by atoms with van der Waals surface area (Å²) in [6.07, 6.45) is 4.01. The van der Waals surface area contributed by atoms with E-state index in [0.717, 1.165) is 19.4 Å². The Labute approximate surface area is 88.1 Å². The van der Waals surface area contributed by atoms with Gasteiger partial charge in [0.1, 0.15) is 11.8 Å². The Bertz CT molecular complexity index is 368. The highest BCUT2D eigenvalue weighted by Crippen LogP contribution is 2.12. The number of nitrogens with zero attached hydrogens (tertiary/aromatic N) is 3. The summed E-state index contributed by atoms with van der Waals surface area (Å²) in [5.41, 5.74) is 0.375. The third-order valence-electron chi connectivity index (χ3n) is 2.28. The molecule has 1 aliphatic heterocycles. The van der Waals surface area contributed by atoms with Crippen LogP contribution in [0.25, 0.3) is 0 Å². The molecule has 0 aliphatic carbocycles. The van der Waals surface area contributed by atoms with Gasteiger partial charge < -0.3 is 10.1 Å². The molecule has 0 radical (unpaired) electrons. The first-order valence-corrected chi connectivity index (χ1v) is 4.97.